The Morgan fingerprint density at radius 2 is 2.00 bits per heavy atom. The van der Waals surface area contributed by atoms with Crippen LogP contribution in [0.25, 0.3) is 0 Å². The van der Waals surface area contributed by atoms with Gasteiger partial charge in [-0.25, -0.2) is 4.79 Å². The number of carboxylic acid groups (broad SMARTS) is 1. The second-order valence-electron chi connectivity index (χ2n) is 5.12. The van der Waals surface area contributed by atoms with Gasteiger partial charge < -0.3 is 10.0 Å². The van der Waals surface area contributed by atoms with Crippen LogP contribution in [-0.4, -0.2) is 35.6 Å². The van der Waals surface area contributed by atoms with Crippen molar-refractivity contribution < 1.29 is 14.7 Å². The topological polar surface area (TPSA) is 60.9 Å². The van der Waals surface area contributed by atoms with Crippen LogP contribution in [0, 0.1) is 0 Å². The van der Waals surface area contributed by atoms with Crippen molar-refractivity contribution in [1.82, 2.24) is 4.90 Å². The van der Waals surface area contributed by atoms with E-state index in [1.807, 2.05) is 24.3 Å². The minimum atomic E-state index is -0.760. The molecule has 5 heteroatoms. The number of aliphatic carboxylic acids is 1. The van der Waals surface area contributed by atoms with Crippen molar-refractivity contribution in [2.45, 2.75) is 32.2 Å². The highest BCUT2D eigenvalue weighted by Gasteiger charge is 2.26. The normalized spacial score (nSPS) is 14.3. The molecule has 108 valence electrons. The van der Waals surface area contributed by atoms with Crippen LogP contribution in [-0.2, 0) is 11.3 Å². The number of fused-ring (bicyclic) bond motifs is 1. The number of amides is 2. The highest BCUT2D eigenvalue weighted by atomic mass is 16.4. The van der Waals surface area contributed by atoms with Crippen LogP contribution < -0.4 is 4.90 Å². The summed E-state index contributed by atoms with van der Waals surface area (Å²) >= 11 is 0. The third-order valence-electron chi connectivity index (χ3n) is 3.52. The van der Waals surface area contributed by atoms with Crippen molar-refractivity contribution in [2.24, 2.45) is 0 Å². The fraction of sp³-hybridized carbons (Fsp3) is 0.467. The number of rotatable bonds is 6. The predicted octanol–water partition coefficient (Wildman–Crippen LogP) is 2.70. The van der Waals surface area contributed by atoms with Crippen molar-refractivity contribution in [3.8, 4) is 0 Å². The summed E-state index contributed by atoms with van der Waals surface area (Å²) in [6.07, 6.45) is 2.50. The Hall–Kier alpha value is -2.04. The van der Waals surface area contributed by atoms with Crippen molar-refractivity contribution in [3.05, 3.63) is 29.8 Å². The summed E-state index contributed by atoms with van der Waals surface area (Å²) in [4.78, 5) is 26.2. The monoisotopic (exact) mass is 276 g/mol. The maximum atomic E-state index is 12.2. The Balaban J connectivity index is 1.96. The van der Waals surface area contributed by atoms with Gasteiger partial charge in [-0.15, -0.1) is 0 Å². The molecule has 0 atom stereocenters. The van der Waals surface area contributed by atoms with Crippen molar-refractivity contribution in [3.63, 3.8) is 0 Å². The highest BCUT2D eigenvalue weighted by molar-refractivity contribution is 5.94. The van der Waals surface area contributed by atoms with E-state index in [9.17, 15) is 9.59 Å². The predicted molar refractivity (Wildman–Crippen MR) is 76.8 cm³/mol. The molecule has 1 aromatic carbocycles. The first-order valence-electron chi connectivity index (χ1n) is 6.92. The van der Waals surface area contributed by atoms with Crippen LogP contribution in [0.1, 0.15) is 31.2 Å². The van der Waals surface area contributed by atoms with E-state index < -0.39 is 5.97 Å². The van der Waals surface area contributed by atoms with Gasteiger partial charge in [-0.05, 0) is 24.5 Å². The summed E-state index contributed by atoms with van der Waals surface area (Å²) in [7, 11) is 1.80. The number of urea groups is 1. The molecule has 1 heterocycles. The molecule has 2 amide bonds. The minimum Gasteiger partial charge on any atom is -0.481 e. The van der Waals surface area contributed by atoms with Crippen LogP contribution in [0.3, 0.4) is 0 Å². The molecule has 0 bridgehead atoms. The first-order valence-corrected chi connectivity index (χ1v) is 6.92. The second-order valence-corrected chi connectivity index (χ2v) is 5.12. The molecule has 0 fully saturated rings. The van der Waals surface area contributed by atoms with Gasteiger partial charge in [0.2, 0.25) is 0 Å². The Morgan fingerprint density at radius 1 is 1.25 bits per heavy atom. The van der Waals surface area contributed by atoms with Gasteiger partial charge in [-0.2, -0.15) is 0 Å². The number of hydrogen-bond donors (Lipinski definition) is 1. The molecule has 0 saturated heterocycles. The molecule has 1 aliphatic heterocycles. The number of para-hydroxylation sites is 1. The lowest BCUT2D eigenvalue weighted by Crippen LogP contribution is -2.45. The van der Waals surface area contributed by atoms with Gasteiger partial charge in [0.05, 0.1) is 5.69 Å². The first kappa shape index (κ1) is 14.4. The average Bonchev–Trinajstić information content (AvgIpc) is 2.42. The zero-order valence-corrected chi connectivity index (χ0v) is 11.7. The lowest BCUT2D eigenvalue weighted by molar-refractivity contribution is -0.137. The Morgan fingerprint density at radius 3 is 2.75 bits per heavy atom. The van der Waals surface area contributed by atoms with E-state index in [1.54, 1.807) is 16.8 Å². The van der Waals surface area contributed by atoms with E-state index >= 15 is 0 Å². The third-order valence-corrected chi connectivity index (χ3v) is 3.52. The summed E-state index contributed by atoms with van der Waals surface area (Å²) in [6.45, 7) is 1.28. The molecule has 0 aromatic heterocycles. The molecule has 1 aliphatic rings. The van der Waals surface area contributed by atoms with E-state index in [1.165, 1.54) is 0 Å². The fourth-order valence-electron chi connectivity index (χ4n) is 2.48. The Labute approximate surface area is 118 Å². The smallest absolute Gasteiger partial charge is 0.324 e. The van der Waals surface area contributed by atoms with E-state index in [-0.39, 0.29) is 12.5 Å². The molecule has 0 unspecified atom stereocenters. The van der Waals surface area contributed by atoms with Crippen molar-refractivity contribution in [1.29, 1.82) is 0 Å². The molecule has 0 radical (unpaired) electrons. The van der Waals surface area contributed by atoms with E-state index in [2.05, 4.69) is 0 Å². The number of carbonyl (C=O) groups is 2. The number of hydrogen-bond acceptors (Lipinski definition) is 2. The molecule has 0 aliphatic carbocycles. The zero-order valence-electron chi connectivity index (χ0n) is 11.7. The van der Waals surface area contributed by atoms with Crippen LogP contribution >= 0.6 is 0 Å². The van der Waals surface area contributed by atoms with Gasteiger partial charge in [-0.1, -0.05) is 24.6 Å². The summed E-state index contributed by atoms with van der Waals surface area (Å²) in [5.74, 6) is -0.760. The maximum absolute atomic E-state index is 12.2. The second kappa shape index (κ2) is 6.41. The van der Waals surface area contributed by atoms with Crippen LogP contribution in [0.2, 0.25) is 0 Å². The maximum Gasteiger partial charge on any atom is 0.324 e. The summed E-state index contributed by atoms with van der Waals surface area (Å²) in [6, 6.07) is 7.94. The standard InChI is InChI=1S/C15H20N2O3/c1-16-11-12-7-4-5-8-13(12)17(15(16)20)10-6-2-3-9-14(18)19/h4-5,7-8H,2-3,6,9-11H2,1H3,(H,18,19). The minimum absolute atomic E-state index is 0.0157. The molecular weight excluding hydrogens is 256 g/mol. The Bertz CT molecular complexity index is 502. The molecule has 20 heavy (non-hydrogen) atoms. The number of carboxylic acids is 1. The molecule has 0 spiro atoms. The number of carbonyl (C=O) groups excluding carboxylic acids is 1. The van der Waals surface area contributed by atoms with Gasteiger partial charge in [-0.3, -0.25) is 9.69 Å². The zero-order chi connectivity index (χ0) is 14.5. The third kappa shape index (κ3) is 3.29. The van der Waals surface area contributed by atoms with Crippen LogP contribution in [0.5, 0.6) is 0 Å². The van der Waals surface area contributed by atoms with Gasteiger partial charge in [0.25, 0.3) is 0 Å². The van der Waals surface area contributed by atoms with Crippen molar-refractivity contribution >= 4 is 17.7 Å². The summed E-state index contributed by atoms with van der Waals surface area (Å²) in [5.41, 5.74) is 2.13. The molecular formula is C15H20N2O3. The van der Waals surface area contributed by atoms with E-state index in [0.717, 1.165) is 24.1 Å². The van der Waals surface area contributed by atoms with Gasteiger partial charge >= 0.3 is 12.0 Å². The van der Waals surface area contributed by atoms with E-state index in [0.29, 0.717) is 19.5 Å². The number of benzene rings is 1. The van der Waals surface area contributed by atoms with Crippen LogP contribution in [0.4, 0.5) is 10.5 Å². The fourth-order valence-corrected chi connectivity index (χ4v) is 2.48. The first-order chi connectivity index (χ1) is 9.59. The SMILES string of the molecule is CN1Cc2ccccc2N(CCCCCC(=O)O)C1=O. The average molecular weight is 276 g/mol. The molecule has 1 N–H and O–H groups in total. The largest absolute Gasteiger partial charge is 0.481 e. The van der Waals surface area contributed by atoms with Crippen LogP contribution in [0.15, 0.2) is 24.3 Å². The Kier molecular flexibility index (Phi) is 4.61. The van der Waals surface area contributed by atoms with Gasteiger partial charge in [0, 0.05) is 26.6 Å². The van der Waals surface area contributed by atoms with Gasteiger partial charge in [0.15, 0.2) is 0 Å². The quantitative estimate of drug-likeness (QED) is 0.813. The van der Waals surface area contributed by atoms with Crippen molar-refractivity contribution in [2.75, 3.05) is 18.5 Å². The summed E-state index contributed by atoms with van der Waals surface area (Å²) in [5, 5.41) is 8.60. The number of nitrogens with zero attached hydrogens (tertiary/aromatic N) is 2. The lowest BCUT2D eigenvalue weighted by atomic mass is 10.1. The van der Waals surface area contributed by atoms with Gasteiger partial charge in [0.1, 0.15) is 0 Å². The lowest BCUT2D eigenvalue weighted by Gasteiger charge is -2.35. The summed E-state index contributed by atoms with van der Waals surface area (Å²) < 4.78 is 0. The molecule has 0 saturated carbocycles. The molecule has 5 nitrogen and oxygen atoms in total. The number of unbranched alkanes of at least 4 members (excludes halogenated alkanes) is 2. The number of anilines is 1. The highest BCUT2D eigenvalue weighted by Crippen LogP contribution is 2.27. The molecule has 1 aromatic rings. The van der Waals surface area contributed by atoms with E-state index in [4.69, 9.17) is 5.11 Å². The molecule has 2 rings (SSSR count).